The van der Waals surface area contributed by atoms with Crippen LogP contribution < -0.4 is 25.0 Å². The van der Waals surface area contributed by atoms with Gasteiger partial charge in [0.05, 0.1) is 9.79 Å². The van der Waals surface area contributed by atoms with Crippen molar-refractivity contribution in [2.75, 3.05) is 29.0 Å². The fourth-order valence-corrected chi connectivity index (χ4v) is 10.4. The lowest BCUT2D eigenvalue weighted by Crippen LogP contribution is -2.32. The van der Waals surface area contributed by atoms with Crippen LogP contribution in [0.2, 0.25) is 0 Å². The van der Waals surface area contributed by atoms with Gasteiger partial charge in [-0.15, -0.1) is 34.0 Å². The van der Waals surface area contributed by atoms with Gasteiger partial charge in [-0.05, 0) is 124 Å². The van der Waals surface area contributed by atoms with Gasteiger partial charge in [0.25, 0.3) is 0 Å². The van der Waals surface area contributed by atoms with Gasteiger partial charge < -0.3 is 25.0 Å². The first-order chi connectivity index (χ1) is 27.9. The third kappa shape index (κ3) is 7.92. The summed E-state index contributed by atoms with van der Waals surface area (Å²) in [6, 6.07) is 47.5. The monoisotopic (exact) mass is 823 g/mol. The number of anilines is 3. The molecule has 0 bridgehead atoms. The molecule has 0 atom stereocenters. The number of ether oxygens (including phenoxy) is 2. The van der Waals surface area contributed by atoms with Crippen LogP contribution in [-0.4, -0.2) is 21.9 Å². The van der Waals surface area contributed by atoms with E-state index in [0.29, 0.717) is 38.1 Å². The molecule has 284 valence electrons. The third-order valence-electron chi connectivity index (χ3n) is 9.95. The molecular weight excluding hydrogens is 787 g/mol. The molecule has 2 aliphatic heterocycles. The van der Waals surface area contributed by atoms with Crippen molar-refractivity contribution in [1.29, 1.82) is 0 Å². The largest absolute Gasteiger partial charge is 0.473 e. The molecule has 8 aromatic rings. The minimum Gasteiger partial charge on any atom is -0.473 e. The van der Waals surface area contributed by atoms with Crippen LogP contribution in [0.25, 0.3) is 31.3 Å². The maximum absolute atomic E-state index is 13.9. The van der Waals surface area contributed by atoms with E-state index in [0.717, 1.165) is 28.2 Å². The van der Waals surface area contributed by atoms with Crippen LogP contribution in [0.3, 0.4) is 0 Å². The van der Waals surface area contributed by atoms with Gasteiger partial charge in [-0.1, -0.05) is 54.6 Å². The van der Waals surface area contributed by atoms with E-state index in [1.54, 1.807) is 70.4 Å². The zero-order chi connectivity index (χ0) is 38.8. The lowest BCUT2D eigenvalue weighted by atomic mass is 10.1. The summed E-state index contributed by atoms with van der Waals surface area (Å²) in [5, 5.41) is 6.22. The normalized spacial score (nSPS) is 13.4. The zero-order valence-corrected chi connectivity index (χ0v) is 33.9. The van der Waals surface area contributed by atoms with E-state index in [1.165, 1.54) is 31.3 Å². The van der Waals surface area contributed by atoms with Crippen molar-refractivity contribution >= 4 is 60.9 Å². The van der Waals surface area contributed by atoms with Gasteiger partial charge in [-0.3, -0.25) is 0 Å². The van der Waals surface area contributed by atoms with Gasteiger partial charge >= 0.3 is 0 Å². The summed E-state index contributed by atoms with van der Waals surface area (Å²) in [4.78, 5) is 8.44. The lowest BCUT2D eigenvalue weighted by molar-refractivity contribution is 0.289. The molecule has 0 radical (unpaired) electrons. The van der Waals surface area contributed by atoms with Crippen LogP contribution in [0.15, 0.2) is 172 Å². The van der Waals surface area contributed by atoms with Gasteiger partial charge in [0.2, 0.25) is 9.84 Å². The second kappa shape index (κ2) is 16.0. The highest BCUT2D eigenvalue weighted by atomic mass is 32.2. The van der Waals surface area contributed by atoms with Crippen LogP contribution >= 0.6 is 34.0 Å². The predicted molar refractivity (Wildman–Crippen MR) is 235 cm³/mol. The molecule has 0 unspecified atom stereocenters. The quantitative estimate of drug-likeness (QED) is 0.160. The van der Waals surface area contributed by atoms with Crippen LogP contribution in [0, 0.1) is 0 Å². The fourth-order valence-electron chi connectivity index (χ4n) is 6.89. The molecule has 0 aliphatic carbocycles. The first kappa shape index (κ1) is 36.8. The Morgan fingerprint density at radius 3 is 1.25 bits per heavy atom. The molecule has 0 fully saturated rings. The van der Waals surface area contributed by atoms with Crippen molar-refractivity contribution in [3.05, 3.63) is 173 Å². The van der Waals surface area contributed by atoms with Crippen molar-refractivity contribution < 1.29 is 17.9 Å². The van der Waals surface area contributed by atoms with E-state index >= 15 is 0 Å². The van der Waals surface area contributed by atoms with Crippen molar-refractivity contribution in [3.8, 4) is 42.8 Å². The topological polar surface area (TPSA) is 85.1 Å². The summed E-state index contributed by atoms with van der Waals surface area (Å²) < 4.78 is 39.9. The molecule has 57 heavy (non-hydrogen) atoms. The summed E-state index contributed by atoms with van der Waals surface area (Å²) in [5.74, 6) is 1.42. The van der Waals surface area contributed by atoms with Crippen LogP contribution in [-0.2, 0) is 22.9 Å². The van der Waals surface area contributed by atoms with Crippen molar-refractivity contribution in [3.63, 3.8) is 0 Å². The number of rotatable bonds is 7. The van der Waals surface area contributed by atoms with Gasteiger partial charge in [0.15, 0.2) is 13.5 Å². The SMILES string of the molecule is Nc1ccc(-c2cccs2)cc1.O=S(=O)(c1ccc2c(c1)CN(c1ccc(-c3cccs3)cc1)CO2)c1ccc2c(c1)CN(c1ccc(-c3cccs3)cc1)CO2. The van der Waals surface area contributed by atoms with E-state index in [-0.39, 0.29) is 9.79 Å². The molecule has 5 heterocycles. The molecule has 0 saturated carbocycles. The maximum Gasteiger partial charge on any atom is 0.206 e. The number of nitrogens with two attached hydrogens (primary N) is 1. The average molecular weight is 824 g/mol. The van der Waals surface area contributed by atoms with E-state index < -0.39 is 9.84 Å². The highest BCUT2D eigenvalue weighted by molar-refractivity contribution is 7.91. The minimum absolute atomic E-state index is 0.248. The molecule has 3 aromatic heterocycles. The van der Waals surface area contributed by atoms with Gasteiger partial charge in [-0.2, -0.15) is 0 Å². The number of hydrogen-bond donors (Lipinski definition) is 1. The Bertz CT molecular complexity index is 2550. The number of thiophene rings is 3. The van der Waals surface area contributed by atoms with Gasteiger partial charge in [-0.25, -0.2) is 8.42 Å². The molecular formula is C46H37N3O4S4. The Hall–Kier alpha value is -5.85. The van der Waals surface area contributed by atoms with Crippen molar-refractivity contribution in [2.45, 2.75) is 22.9 Å². The summed E-state index contributed by atoms with van der Waals surface area (Å²) in [7, 11) is -3.78. The highest BCUT2D eigenvalue weighted by Crippen LogP contribution is 2.36. The molecule has 5 aromatic carbocycles. The average Bonchev–Trinajstić information content (AvgIpc) is 4.10. The number of nitrogen functional groups attached to an aromatic ring is 1. The molecule has 0 spiro atoms. The van der Waals surface area contributed by atoms with Crippen LogP contribution in [0.1, 0.15) is 11.1 Å². The Balaban J connectivity index is 0.000000300. The number of sulfone groups is 1. The summed E-state index contributed by atoms with van der Waals surface area (Å²) in [6.07, 6.45) is 0. The first-order valence-corrected chi connectivity index (χ1v) is 22.4. The van der Waals surface area contributed by atoms with Crippen molar-refractivity contribution in [1.82, 2.24) is 0 Å². The molecule has 2 aliphatic rings. The molecule has 11 heteroatoms. The standard InChI is InChI=1S/C36H28N2O4S3.C10H9NS/c39-45(40,31-13-15-33-27(19-31)21-37(23-41-33)29-9-5-25(6-10-29)35-3-1-17-43-35)32-14-16-34-28(20-32)22-38(24-42-34)30-11-7-26(8-12-30)36-4-2-18-44-36;11-9-5-3-8(4-6-9)10-2-1-7-12-10/h1-20H,21-24H2;1-7H,11H2. The molecule has 2 N–H and O–H groups in total. The molecule has 0 amide bonds. The predicted octanol–water partition coefficient (Wildman–Crippen LogP) is 11.7. The van der Waals surface area contributed by atoms with Gasteiger partial charge in [0, 0.05) is 55.9 Å². The summed E-state index contributed by atoms with van der Waals surface area (Å²) >= 11 is 5.17. The number of hydrogen-bond acceptors (Lipinski definition) is 10. The van der Waals surface area contributed by atoms with E-state index in [2.05, 4.69) is 98.7 Å². The maximum atomic E-state index is 13.9. The third-order valence-corrected chi connectivity index (χ3v) is 14.5. The fraction of sp³-hybridized carbons (Fsp3) is 0.0870. The second-order valence-electron chi connectivity index (χ2n) is 13.6. The van der Waals surface area contributed by atoms with E-state index in [4.69, 9.17) is 15.2 Å². The first-order valence-electron chi connectivity index (χ1n) is 18.3. The Morgan fingerprint density at radius 1 is 0.491 bits per heavy atom. The highest BCUT2D eigenvalue weighted by Gasteiger charge is 2.26. The molecule has 7 nitrogen and oxygen atoms in total. The number of nitrogens with zero attached hydrogens (tertiary/aromatic N) is 2. The molecule has 0 saturated heterocycles. The number of fused-ring (bicyclic) bond motifs is 2. The summed E-state index contributed by atoms with van der Waals surface area (Å²) in [6.45, 7) is 1.90. The Morgan fingerprint density at radius 2 is 0.877 bits per heavy atom. The van der Waals surface area contributed by atoms with Crippen molar-refractivity contribution in [2.24, 2.45) is 0 Å². The van der Waals surface area contributed by atoms with E-state index in [1.807, 2.05) is 36.4 Å². The zero-order valence-electron chi connectivity index (χ0n) is 30.7. The van der Waals surface area contributed by atoms with Crippen LogP contribution in [0.5, 0.6) is 11.5 Å². The van der Waals surface area contributed by atoms with E-state index in [9.17, 15) is 8.42 Å². The minimum atomic E-state index is -3.78. The van der Waals surface area contributed by atoms with Crippen LogP contribution in [0.4, 0.5) is 17.1 Å². The Kier molecular flexibility index (Phi) is 10.3. The second-order valence-corrected chi connectivity index (χ2v) is 18.4. The lowest BCUT2D eigenvalue weighted by Gasteiger charge is -2.31. The smallest absolute Gasteiger partial charge is 0.206 e. The summed E-state index contributed by atoms with van der Waals surface area (Å²) in [5.41, 5.74) is 13.7. The Labute approximate surface area is 344 Å². The molecule has 10 rings (SSSR count). The number of benzene rings is 5. The van der Waals surface area contributed by atoms with Gasteiger partial charge in [0.1, 0.15) is 11.5 Å².